The maximum Gasteiger partial charge on any atom is 0.165 e. The van der Waals surface area contributed by atoms with Gasteiger partial charge in [-0.3, -0.25) is 0 Å². The van der Waals surface area contributed by atoms with Crippen LogP contribution in [0.25, 0.3) is 0 Å². The standard InChI is InChI=1S/C16H22FN3O/c1-2-14(18)10-13-4-5-16(15(17)11-13)21-9-3-7-20-8-6-19-12-20/h4-6,8,11-12,14H,2-3,7,9-10,18H2,1H3. The molecule has 1 aromatic heterocycles. The molecule has 1 atom stereocenters. The minimum atomic E-state index is -0.321. The molecule has 1 unspecified atom stereocenters. The van der Waals surface area contributed by atoms with Crippen molar-refractivity contribution >= 4 is 0 Å². The summed E-state index contributed by atoms with van der Waals surface area (Å²) >= 11 is 0. The molecule has 0 bridgehead atoms. The first kappa shape index (κ1) is 15.5. The predicted octanol–water partition coefficient (Wildman–Crippen LogP) is 2.77. The van der Waals surface area contributed by atoms with Crippen LogP contribution in [0.5, 0.6) is 5.75 Å². The van der Waals surface area contributed by atoms with Gasteiger partial charge in [-0.05, 0) is 37.0 Å². The van der Waals surface area contributed by atoms with E-state index in [9.17, 15) is 4.39 Å². The summed E-state index contributed by atoms with van der Waals surface area (Å²) in [6.45, 7) is 3.31. The number of nitrogens with zero attached hydrogens (tertiary/aromatic N) is 2. The Morgan fingerprint density at radius 1 is 1.43 bits per heavy atom. The summed E-state index contributed by atoms with van der Waals surface area (Å²) in [7, 11) is 0. The number of rotatable bonds is 8. The fourth-order valence-corrected chi connectivity index (χ4v) is 2.08. The van der Waals surface area contributed by atoms with Gasteiger partial charge in [0.15, 0.2) is 11.6 Å². The van der Waals surface area contributed by atoms with Crippen molar-refractivity contribution in [2.45, 2.75) is 38.8 Å². The van der Waals surface area contributed by atoms with Crippen LogP contribution < -0.4 is 10.5 Å². The van der Waals surface area contributed by atoms with Crippen LogP contribution in [-0.2, 0) is 13.0 Å². The Morgan fingerprint density at radius 3 is 2.95 bits per heavy atom. The summed E-state index contributed by atoms with van der Waals surface area (Å²) in [5, 5.41) is 0. The molecule has 114 valence electrons. The van der Waals surface area contributed by atoms with E-state index in [-0.39, 0.29) is 11.9 Å². The van der Waals surface area contributed by atoms with Gasteiger partial charge in [0, 0.05) is 25.0 Å². The molecule has 0 spiro atoms. The summed E-state index contributed by atoms with van der Waals surface area (Å²) in [5.74, 6) is -0.0205. The van der Waals surface area contributed by atoms with E-state index in [1.165, 1.54) is 6.07 Å². The molecule has 0 amide bonds. The second-order valence-corrected chi connectivity index (χ2v) is 5.14. The molecule has 5 heteroatoms. The van der Waals surface area contributed by atoms with E-state index >= 15 is 0 Å². The second kappa shape index (κ2) is 7.78. The lowest BCUT2D eigenvalue weighted by Crippen LogP contribution is -2.21. The summed E-state index contributed by atoms with van der Waals surface area (Å²) in [6.07, 6.45) is 7.76. The highest BCUT2D eigenvalue weighted by molar-refractivity contribution is 5.29. The molecule has 0 saturated heterocycles. The summed E-state index contributed by atoms with van der Waals surface area (Å²) in [6, 6.07) is 5.15. The van der Waals surface area contributed by atoms with E-state index in [0.29, 0.717) is 18.8 Å². The smallest absolute Gasteiger partial charge is 0.165 e. The molecule has 2 rings (SSSR count). The van der Waals surface area contributed by atoms with Crippen LogP contribution in [0.3, 0.4) is 0 Å². The number of aromatic nitrogens is 2. The number of halogens is 1. The number of hydrogen-bond acceptors (Lipinski definition) is 3. The number of ether oxygens (including phenoxy) is 1. The topological polar surface area (TPSA) is 53.1 Å². The lowest BCUT2D eigenvalue weighted by Gasteiger charge is -2.11. The first-order valence-electron chi connectivity index (χ1n) is 7.31. The minimum Gasteiger partial charge on any atom is -0.490 e. The van der Waals surface area contributed by atoms with Crippen LogP contribution >= 0.6 is 0 Å². The van der Waals surface area contributed by atoms with Crippen molar-refractivity contribution in [2.75, 3.05) is 6.61 Å². The third-order valence-corrected chi connectivity index (χ3v) is 3.40. The van der Waals surface area contributed by atoms with E-state index in [4.69, 9.17) is 10.5 Å². The highest BCUT2D eigenvalue weighted by atomic mass is 19.1. The van der Waals surface area contributed by atoms with Gasteiger partial charge in [0.1, 0.15) is 0 Å². The fraction of sp³-hybridized carbons (Fsp3) is 0.438. The molecule has 0 saturated carbocycles. The molecule has 21 heavy (non-hydrogen) atoms. The molecule has 0 radical (unpaired) electrons. The van der Waals surface area contributed by atoms with E-state index in [0.717, 1.165) is 24.9 Å². The Labute approximate surface area is 124 Å². The molecular formula is C16H22FN3O. The van der Waals surface area contributed by atoms with Crippen molar-refractivity contribution in [1.82, 2.24) is 9.55 Å². The van der Waals surface area contributed by atoms with Gasteiger partial charge in [-0.15, -0.1) is 0 Å². The fourth-order valence-electron chi connectivity index (χ4n) is 2.08. The lowest BCUT2D eigenvalue weighted by atomic mass is 10.0. The zero-order valence-electron chi connectivity index (χ0n) is 12.3. The molecule has 2 aromatic rings. The van der Waals surface area contributed by atoms with Gasteiger partial charge in [0.2, 0.25) is 0 Å². The maximum atomic E-state index is 13.9. The van der Waals surface area contributed by atoms with Crippen molar-refractivity contribution in [3.05, 3.63) is 48.3 Å². The third kappa shape index (κ3) is 4.86. The van der Waals surface area contributed by atoms with Crippen molar-refractivity contribution in [2.24, 2.45) is 5.73 Å². The Kier molecular flexibility index (Phi) is 5.75. The SMILES string of the molecule is CCC(N)Cc1ccc(OCCCn2ccnc2)c(F)c1. The van der Waals surface area contributed by atoms with Crippen molar-refractivity contribution in [3.8, 4) is 5.75 Å². The summed E-state index contributed by atoms with van der Waals surface area (Å²) in [4.78, 5) is 3.97. The average Bonchev–Trinajstić information content (AvgIpc) is 2.98. The van der Waals surface area contributed by atoms with Gasteiger partial charge in [-0.25, -0.2) is 9.37 Å². The molecule has 1 heterocycles. The van der Waals surface area contributed by atoms with Gasteiger partial charge in [-0.2, -0.15) is 0 Å². The van der Waals surface area contributed by atoms with Gasteiger partial charge in [0.25, 0.3) is 0 Å². The number of aryl methyl sites for hydroxylation is 1. The highest BCUT2D eigenvalue weighted by Crippen LogP contribution is 2.19. The van der Waals surface area contributed by atoms with Crippen LogP contribution in [0, 0.1) is 5.82 Å². The molecular weight excluding hydrogens is 269 g/mol. The maximum absolute atomic E-state index is 13.9. The number of hydrogen-bond donors (Lipinski definition) is 1. The Balaban J connectivity index is 1.80. The quantitative estimate of drug-likeness (QED) is 0.761. The zero-order valence-corrected chi connectivity index (χ0v) is 12.3. The van der Waals surface area contributed by atoms with E-state index in [1.807, 2.05) is 23.8 Å². The molecule has 0 aliphatic carbocycles. The normalized spacial score (nSPS) is 12.3. The monoisotopic (exact) mass is 291 g/mol. The molecule has 0 aliphatic rings. The third-order valence-electron chi connectivity index (χ3n) is 3.40. The van der Waals surface area contributed by atoms with Crippen LogP contribution in [0.2, 0.25) is 0 Å². The Hall–Kier alpha value is -1.88. The number of benzene rings is 1. The minimum absolute atomic E-state index is 0.0753. The largest absolute Gasteiger partial charge is 0.490 e. The number of imidazole rings is 1. The van der Waals surface area contributed by atoms with Gasteiger partial charge >= 0.3 is 0 Å². The molecule has 2 N–H and O–H groups in total. The Bertz CT molecular complexity index is 542. The predicted molar refractivity (Wildman–Crippen MR) is 80.7 cm³/mol. The zero-order chi connectivity index (χ0) is 15.1. The van der Waals surface area contributed by atoms with Crippen molar-refractivity contribution < 1.29 is 9.13 Å². The highest BCUT2D eigenvalue weighted by Gasteiger charge is 2.07. The summed E-state index contributed by atoms with van der Waals surface area (Å²) in [5.41, 5.74) is 6.79. The first-order chi connectivity index (χ1) is 10.2. The lowest BCUT2D eigenvalue weighted by molar-refractivity contribution is 0.287. The van der Waals surface area contributed by atoms with E-state index < -0.39 is 0 Å². The average molecular weight is 291 g/mol. The second-order valence-electron chi connectivity index (χ2n) is 5.14. The first-order valence-corrected chi connectivity index (χ1v) is 7.31. The van der Waals surface area contributed by atoms with Gasteiger partial charge in [-0.1, -0.05) is 13.0 Å². The molecule has 1 aromatic carbocycles. The van der Waals surface area contributed by atoms with Crippen LogP contribution in [0.15, 0.2) is 36.9 Å². The number of nitrogens with two attached hydrogens (primary N) is 1. The summed E-state index contributed by atoms with van der Waals surface area (Å²) < 4.78 is 21.4. The van der Waals surface area contributed by atoms with Crippen molar-refractivity contribution in [1.29, 1.82) is 0 Å². The van der Waals surface area contributed by atoms with Gasteiger partial charge in [0.05, 0.1) is 12.9 Å². The van der Waals surface area contributed by atoms with Crippen LogP contribution in [0.1, 0.15) is 25.3 Å². The Morgan fingerprint density at radius 2 is 2.29 bits per heavy atom. The molecule has 0 aliphatic heterocycles. The van der Waals surface area contributed by atoms with E-state index in [2.05, 4.69) is 4.98 Å². The van der Waals surface area contributed by atoms with Crippen molar-refractivity contribution in [3.63, 3.8) is 0 Å². The van der Waals surface area contributed by atoms with E-state index in [1.54, 1.807) is 18.6 Å². The molecule has 4 nitrogen and oxygen atoms in total. The van der Waals surface area contributed by atoms with Gasteiger partial charge < -0.3 is 15.0 Å². The van der Waals surface area contributed by atoms with Crippen LogP contribution in [-0.4, -0.2) is 22.2 Å². The molecule has 0 fully saturated rings. The van der Waals surface area contributed by atoms with Crippen LogP contribution in [0.4, 0.5) is 4.39 Å².